The quantitative estimate of drug-likeness (QED) is 0.107. The van der Waals surface area contributed by atoms with Crippen LogP contribution in [0.4, 0.5) is 0 Å². The van der Waals surface area contributed by atoms with E-state index in [0.29, 0.717) is 11.6 Å². The van der Waals surface area contributed by atoms with Crippen molar-refractivity contribution in [3.63, 3.8) is 0 Å². The molecule has 75 heavy (non-hydrogen) atoms. The second kappa shape index (κ2) is 23.8. The Kier molecular flexibility index (Phi) is 16.2. The molecule has 0 fully saturated rings. The Morgan fingerprint density at radius 2 is 0.800 bits per heavy atom. The first-order valence-electron chi connectivity index (χ1n) is 24.6. The summed E-state index contributed by atoms with van der Waals surface area (Å²) in [4.78, 5) is 8.19. The number of aromatic nitrogens is 8. The van der Waals surface area contributed by atoms with Crippen molar-refractivity contribution >= 4 is 0 Å². The van der Waals surface area contributed by atoms with Crippen molar-refractivity contribution in [1.29, 1.82) is 0 Å². The topological polar surface area (TPSA) is 70.4 Å². The molecular formula is C66H53IrN8-3. The summed E-state index contributed by atoms with van der Waals surface area (Å²) in [5.74, 6) is 1.27. The van der Waals surface area contributed by atoms with Crippen molar-refractivity contribution in [2.24, 2.45) is 0 Å². The van der Waals surface area contributed by atoms with Crippen LogP contribution in [0.3, 0.4) is 0 Å². The molecule has 0 amide bonds. The van der Waals surface area contributed by atoms with Crippen LogP contribution < -0.4 is 14.2 Å². The first kappa shape index (κ1) is 51.0. The second-order valence-corrected chi connectivity index (χ2v) is 18.0. The number of hydrogen-bond acceptors (Lipinski definition) is 3. The Morgan fingerprint density at radius 1 is 0.413 bits per heavy atom. The predicted octanol–water partition coefficient (Wildman–Crippen LogP) is 13.4. The average Bonchev–Trinajstić information content (AvgIpc) is 4.21. The molecule has 12 aromatic rings. The maximum absolute atomic E-state index is 4.10. The Hall–Kier alpha value is -8.88. The van der Waals surface area contributed by atoms with Crippen LogP contribution in [0, 0.1) is 59.4 Å². The van der Waals surface area contributed by atoms with Crippen LogP contribution in [0.25, 0.3) is 79.3 Å². The standard InChI is InChI=1S/2C29H23N2.C8H7N4.Ir/c2*1-22-13-17-26(18-14-22)30-21-31(27-19-15-23(2)16-20-27)29(25-11-7-4-8-12-25)28(30)24-9-5-3-6-10-24;1-6-10-8(12-11-6)7-4-2-3-5-9-7;/h2*3-19H,1-2H3;2-5H,1H3;/q3*-1;. The molecule has 369 valence electrons. The van der Waals surface area contributed by atoms with Crippen LogP contribution in [0.2, 0.25) is 0 Å². The molecule has 0 N–H and O–H groups in total. The van der Waals surface area contributed by atoms with E-state index in [1.165, 1.54) is 22.3 Å². The van der Waals surface area contributed by atoms with Crippen LogP contribution in [-0.4, -0.2) is 24.2 Å². The Bertz CT molecular complexity index is 3280. The van der Waals surface area contributed by atoms with Gasteiger partial charge in [-0.3, -0.25) is 19.2 Å². The zero-order valence-electron chi connectivity index (χ0n) is 42.4. The summed E-state index contributed by atoms with van der Waals surface area (Å²) >= 11 is 0. The van der Waals surface area contributed by atoms with E-state index < -0.39 is 0 Å². The van der Waals surface area contributed by atoms with Crippen molar-refractivity contribution in [3.05, 3.63) is 284 Å². The number of pyridine rings is 1. The fourth-order valence-corrected chi connectivity index (χ4v) is 8.57. The fraction of sp³-hybridized carbons (Fsp3) is 0.0758. The number of aryl methyl sites for hydroxylation is 5. The fourth-order valence-electron chi connectivity index (χ4n) is 8.57. The summed E-state index contributed by atoms with van der Waals surface area (Å²) in [7, 11) is 0. The summed E-state index contributed by atoms with van der Waals surface area (Å²) in [5, 5.41) is 7.65. The molecule has 4 aromatic heterocycles. The molecule has 4 heterocycles. The molecule has 0 unspecified atom stereocenters. The van der Waals surface area contributed by atoms with Gasteiger partial charge in [-0.2, -0.15) is 59.7 Å². The Morgan fingerprint density at radius 3 is 1.15 bits per heavy atom. The molecule has 12 rings (SSSR count). The molecule has 0 aliphatic carbocycles. The van der Waals surface area contributed by atoms with E-state index >= 15 is 0 Å². The maximum Gasteiger partial charge on any atom is 0.268 e. The van der Waals surface area contributed by atoms with E-state index in [-0.39, 0.29) is 20.1 Å². The van der Waals surface area contributed by atoms with Gasteiger partial charge in [0.15, 0.2) is 0 Å². The number of imidazole rings is 2. The van der Waals surface area contributed by atoms with Crippen LogP contribution in [0.1, 0.15) is 28.1 Å². The van der Waals surface area contributed by atoms with Gasteiger partial charge in [-0.1, -0.05) is 177 Å². The molecular weight excluding hydrogens is 1100 g/mol. The molecule has 0 aliphatic heterocycles. The van der Waals surface area contributed by atoms with Gasteiger partial charge < -0.3 is 19.2 Å². The summed E-state index contributed by atoms with van der Waals surface area (Å²) in [6, 6.07) is 84.2. The molecule has 0 atom stereocenters. The van der Waals surface area contributed by atoms with Crippen LogP contribution in [-0.2, 0) is 20.1 Å². The third-order valence-electron chi connectivity index (χ3n) is 12.4. The van der Waals surface area contributed by atoms with Gasteiger partial charge in [0.2, 0.25) is 0 Å². The van der Waals surface area contributed by atoms with Crippen molar-refractivity contribution < 1.29 is 29.2 Å². The summed E-state index contributed by atoms with van der Waals surface area (Å²) in [5.41, 5.74) is 18.6. The molecule has 0 saturated heterocycles. The van der Waals surface area contributed by atoms with E-state index in [4.69, 9.17) is 0 Å². The Labute approximate surface area is 453 Å². The Balaban J connectivity index is 0.000000149. The predicted molar refractivity (Wildman–Crippen MR) is 294 cm³/mol. The summed E-state index contributed by atoms with van der Waals surface area (Å²) < 4.78 is 8.56. The first-order valence-corrected chi connectivity index (χ1v) is 24.6. The third-order valence-corrected chi connectivity index (χ3v) is 12.4. The SMILES string of the molecule is Cc1c[c-]c(-n2[c-][n+](-c3ccc(C)cc3)c(-c3ccccc3)c2-c2ccccc2)cc1.Cc1c[c-]c(-n2[c-][n+](-c3ccc(C)cc3)c(-c3ccccc3)c2-c2ccccc2)cc1.Cc1n[n-]c(-c2ccccn2)n1.[Ir]. The van der Waals surface area contributed by atoms with Gasteiger partial charge in [-0.15, -0.1) is 0 Å². The van der Waals surface area contributed by atoms with E-state index in [9.17, 15) is 0 Å². The third kappa shape index (κ3) is 11.8. The van der Waals surface area contributed by atoms with Crippen molar-refractivity contribution in [2.75, 3.05) is 0 Å². The second-order valence-electron chi connectivity index (χ2n) is 18.0. The van der Waals surface area contributed by atoms with Gasteiger partial charge in [0.05, 0.1) is 39.8 Å². The molecule has 9 heteroatoms. The van der Waals surface area contributed by atoms with Crippen molar-refractivity contribution in [1.82, 2.24) is 29.3 Å². The van der Waals surface area contributed by atoms with Crippen molar-refractivity contribution in [2.45, 2.75) is 34.6 Å². The van der Waals surface area contributed by atoms with Crippen LogP contribution in [0.15, 0.2) is 231 Å². The van der Waals surface area contributed by atoms with E-state index in [1.54, 1.807) is 13.1 Å². The number of hydrogen-bond donors (Lipinski definition) is 0. The maximum atomic E-state index is 4.10. The molecule has 0 bridgehead atoms. The monoisotopic (exact) mass is 1150 g/mol. The number of benzene rings is 8. The number of rotatable bonds is 9. The molecule has 0 saturated carbocycles. The van der Waals surface area contributed by atoms with Gasteiger partial charge in [-0.05, 0) is 96.6 Å². The van der Waals surface area contributed by atoms with Crippen molar-refractivity contribution in [3.8, 4) is 79.3 Å². The van der Waals surface area contributed by atoms with Crippen LogP contribution in [0.5, 0.6) is 0 Å². The van der Waals surface area contributed by atoms with Gasteiger partial charge in [-0.25, -0.2) is 0 Å². The average molecular weight is 1150 g/mol. The van der Waals surface area contributed by atoms with Gasteiger partial charge in [0, 0.05) is 32.1 Å². The molecule has 8 aromatic carbocycles. The van der Waals surface area contributed by atoms with Gasteiger partial charge >= 0.3 is 0 Å². The first-order chi connectivity index (χ1) is 36.3. The van der Waals surface area contributed by atoms with E-state index in [0.717, 1.165) is 73.5 Å². The smallest absolute Gasteiger partial charge is 0.268 e. The molecule has 0 aliphatic rings. The molecule has 0 spiro atoms. The molecule has 8 nitrogen and oxygen atoms in total. The minimum absolute atomic E-state index is 0. The largest absolute Gasteiger partial charge is 0.421 e. The number of nitrogens with zero attached hydrogens (tertiary/aromatic N) is 8. The zero-order valence-corrected chi connectivity index (χ0v) is 44.7. The minimum Gasteiger partial charge on any atom is -0.421 e. The van der Waals surface area contributed by atoms with E-state index in [1.807, 2.05) is 30.3 Å². The zero-order chi connectivity index (χ0) is 50.8. The van der Waals surface area contributed by atoms with E-state index in [2.05, 4.69) is 285 Å². The minimum atomic E-state index is 0. The van der Waals surface area contributed by atoms with Gasteiger partial charge in [0.1, 0.15) is 0 Å². The van der Waals surface area contributed by atoms with Gasteiger partial charge in [0.25, 0.3) is 12.7 Å². The summed E-state index contributed by atoms with van der Waals surface area (Å²) in [6.45, 7) is 10.2. The normalized spacial score (nSPS) is 10.6. The summed E-state index contributed by atoms with van der Waals surface area (Å²) in [6.07, 6.45) is 8.95. The van der Waals surface area contributed by atoms with Crippen LogP contribution >= 0.6 is 0 Å². The molecule has 1 radical (unpaired) electrons.